The minimum Gasteiger partial charge on any atom is -0.319 e. The van der Waals surface area contributed by atoms with Gasteiger partial charge in [-0.2, -0.15) is 0 Å². The molecule has 0 radical (unpaired) electrons. The van der Waals surface area contributed by atoms with Crippen molar-refractivity contribution in [1.29, 1.82) is 0 Å². The lowest BCUT2D eigenvalue weighted by molar-refractivity contribution is 0.0727. The lowest BCUT2D eigenvalue weighted by atomic mass is 9.78. The summed E-state index contributed by atoms with van der Waals surface area (Å²) in [5.74, 6) is 1.78. The molecule has 1 saturated carbocycles. The van der Waals surface area contributed by atoms with Crippen LogP contribution in [0.15, 0.2) is 0 Å². The molecule has 112 valence electrons. The molecule has 2 unspecified atom stereocenters. The first kappa shape index (κ1) is 15.3. The van der Waals surface area contributed by atoms with E-state index in [1.807, 2.05) is 0 Å². The van der Waals surface area contributed by atoms with Crippen LogP contribution in [0, 0.1) is 17.3 Å². The van der Waals surface area contributed by atoms with Crippen LogP contribution in [-0.2, 0) is 0 Å². The third-order valence-electron chi connectivity index (χ3n) is 5.22. The third kappa shape index (κ3) is 4.46. The Morgan fingerprint density at radius 3 is 2.11 bits per heavy atom. The molecule has 0 aromatic rings. The van der Waals surface area contributed by atoms with Gasteiger partial charge in [-0.15, -0.1) is 0 Å². The Labute approximate surface area is 120 Å². The van der Waals surface area contributed by atoms with Gasteiger partial charge in [0, 0.05) is 26.2 Å². The van der Waals surface area contributed by atoms with Gasteiger partial charge in [-0.1, -0.05) is 39.5 Å². The second-order valence-corrected chi connectivity index (χ2v) is 7.58. The van der Waals surface area contributed by atoms with Crippen molar-refractivity contribution < 1.29 is 0 Å². The molecule has 0 aromatic carbocycles. The molecule has 1 N–H and O–H groups in total. The van der Waals surface area contributed by atoms with E-state index in [2.05, 4.69) is 31.1 Å². The normalized spacial score (nSPS) is 33.0. The quantitative estimate of drug-likeness (QED) is 0.783. The van der Waals surface area contributed by atoms with Crippen LogP contribution in [0.5, 0.6) is 0 Å². The summed E-state index contributed by atoms with van der Waals surface area (Å²) in [7, 11) is 2.13. The van der Waals surface area contributed by atoms with E-state index in [9.17, 15) is 0 Å². The van der Waals surface area contributed by atoms with Gasteiger partial charge in [0.25, 0.3) is 0 Å². The maximum Gasteiger partial charge on any atom is 0.00504 e. The molecule has 2 rings (SSSR count). The number of piperidine rings is 1. The summed E-state index contributed by atoms with van der Waals surface area (Å²) in [6.07, 6.45) is 10.1. The fourth-order valence-electron chi connectivity index (χ4n) is 4.64. The van der Waals surface area contributed by atoms with Crippen molar-refractivity contribution in [3.8, 4) is 0 Å². The molecule has 0 spiro atoms. The summed E-state index contributed by atoms with van der Waals surface area (Å²) in [5.41, 5.74) is 0.558. The van der Waals surface area contributed by atoms with Crippen molar-refractivity contribution in [2.75, 3.05) is 33.2 Å². The Balaban J connectivity index is 1.98. The van der Waals surface area contributed by atoms with Crippen LogP contribution in [0.3, 0.4) is 0 Å². The van der Waals surface area contributed by atoms with Gasteiger partial charge in [0.2, 0.25) is 0 Å². The number of rotatable bonds is 4. The second-order valence-electron chi connectivity index (χ2n) is 7.58. The largest absolute Gasteiger partial charge is 0.319 e. The zero-order valence-electron chi connectivity index (χ0n) is 13.4. The van der Waals surface area contributed by atoms with E-state index in [1.165, 1.54) is 71.1 Å². The molecule has 2 aliphatic rings. The van der Waals surface area contributed by atoms with Gasteiger partial charge < -0.3 is 10.2 Å². The van der Waals surface area contributed by atoms with Gasteiger partial charge in [0.05, 0.1) is 0 Å². The SMILES string of the molecule is CNCC1(CN2CC(C)CC(C)C2)CCCCCC1. The van der Waals surface area contributed by atoms with E-state index in [1.54, 1.807) is 0 Å². The summed E-state index contributed by atoms with van der Waals surface area (Å²) >= 11 is 0. The zero-order chi connectivity index (χ0) is 13.7. The summed E-state index contributed by atoms with van der Waals surface area (Å²) in [6, 6.07) is 0. The lowest BCUT2D eigenvalue weighted by Gasteiger charge is -2.42. The Morgan fingerprint density at radius 2 is 1.58 bits per heavy atom. The van der Waals surface area contributed by atoms with Crippen molar-refractivity contribution in [1.82, 2.24) is 10.2 Å². The van der Waals surface area contributed by atoms with E-state index in [0.29, 0.717) is 5.41 Å². The molecule has 2 atom stereocenters. The van der Waals surface area contributed by atoms with Crippen LogP contribution in [-0.4, -0.2) is 38.1 Å². The Kier molecular flexibility index (Phi) is 5.70. The fourth-order valence-corrected chi connectivity index (χ4v) is 4.64. The molecule has 2 heteroatoms. The molecule has 0 amide bonds. The molecule has 2 fully saturated rings. The first-order valence-corrected chi connectivity index (χ1v) is 8.50. The summed E-state index contributed by atoms with van der Waals surface area (Å²) < 4.78 is 0. The first-order valence-electron chi connectivity index (χ1n) is 8.50. The maximum atomic E-state index is 3.49. The smallest absolute Gasteiger partial charge is 0.00504 e. The highest BCUT2D eigenvalue weighted by molar-refractivity contribution is 4.88. The topological polar surface area (TPSA) is 15.3 Å². The minimum atomic E-state index is 0.558. The predicted molar refractivity (Wildman–Crippen MR) is 83.4 cm³/mol. The van der Waals surface area contributed by atoms with E-state index in [0.717, 1.165) is 11.8 Å². The van der Waals surface area contributed by atoms with Crippen molar-refractivity contribution in [2.24, 2.45) is 17.3 Å². The zero-order valence-corrected chi connectivity index (χ0v) is 13.4. The number of nitrogens with one attached hydrogen (secondary N) is 1. The number of likely N-dealkylation sites (tertiary alicyclic amines) is 1. The van der Waals surface area contributed by atoms with Gasteiger partial charge >= 0.3 is 0 Å². The van der Waals surface area contributed by atoms with Crippen LogP contribution in [0.1, 0.15) is 58.8 Å². The monoisotopic (exact) mass is 266 g/mol. The molecular weight excluding hydrogens is 232 g/mol. The van der Waals surface area contributed by atoms with Crippen molar-refractivity contribution in [3.63, 3.8) is 0 Å². The molecule has 1 saturated heterocycles. The third-order valence-corrected chi connectivity index (χ3v) is 5.22. The highest BCUT2D eigenvalue weighted by Crippen LogP contribution is 2.36. The van der Waals surface area contributed by atoms with Crippen LogP contribution in [0.4, 0.5) is 0 Å². The Morgan fingerprint density at radius 1 is 1.00 bits per heavy atom. The van der Waals surface area contributed by atoms with Crippen LogP contribution in [0.25, 0.3) is 0 Å². The van der Waals surface area contributed by atoms with E-state index in [4.69, 9.17) is 0 Å². The summed E-state index contributed by atoms with van der Waals surface area (Å²) in [6.45, 7) is 10.1. The molecule has 2 nitrogen and oxygen atoms in total. The Hall–Kier alpha value is -0.0800. The highest BCUT2D eigenvalue weighted by Gasteiger charge is 2.34. The fraction of sp³-hybridized carbons (Fsp3) is 1.00. The second kappa shape index (κ2) is 7.08. The van der Waals surface area contributed by atoms with E-state index < -0.39 is 0 Å². The Bertz CT molecular complexity index is 246. The number of hydrogen-bond donors (Lipinski definition) is 1. The molecule has 1 aliphatic heterocycles. The van der Waals surface area contributed by atoms with Crippen LogP contribution in [0.2, 0.25) is 0 Å². The summed E-state index contributed by atoms with van der Waals surface area (Å²) in [4.78, 5) is 2.78. The van der Waals surface area contributed by atoms with Crippen molar-refractivity contribution >= 4 is 0 Å². The molecule has 1 aliphatic carbocycles. The van der Waals surface area contributed by atoms with Crippen molar-refractivity contribution in [2.45, 2.75) is 58.8 Å². The number of nitrogens with zero attached hydrogens (tertiary/aromatic N) is 1. The minimum absolute atomic E-state index is 0.558. The summed E-state index contributed by atoms with van der Waals surface area (Å²) in [5, 5.41) is 3.49. The average Bonchev–Trinajstić information content (AvgIpc) is 2.54. The van der Waals surface area contributed by atoms with Gasteiger partial charge in [0.15, 0.2) is 0 Å². The maximum absolute atomic E-state index is 3.49. The highest BCUT2D eigenvalue weighted by atomic mass is 15.1. The van der Waals surface area contributed by atoms with E-state index in [-0.39, 0.29) is 0 Å². The molecule has 1 heterocycles. The molecule has 19 heavy (non-hydrogen) atoms. The van der Waals surface area contributed by atoms with Crippen LogP contribution < -0.4 is 5.32 Å². The van der Waals surface area contributed by atoms with Crippen molar-refractivity contribution in [3.05, 3.63) is 0 Å². The number of hydrogen-bond acceptors (Lipinski definition) is 2. The van der Waals surface area contributed by atoms with E-state index >= 15 is 0 Å². The predicted octanol–water partition coefficient (Wildman–Crippen LogP) is 3.52. The van der Waals surface area contributed by atoms with Gasteiger partial charge in [-0.05, 0) is 43.6 Å². The molecule has 0 bridgehead atoms. The average molecular weight is 266 g/mol. The molecule has 0 aromatic heterocycles. The lowest BCUT2D eigenvalue weighted by Crippen LogP contribution is -2.48. The standard InChI is InChI=1S/C17H34N2/c1-15-10-16(2)12-19(11-15)14-17(13-18-3)8-6-4-5-7-9-17/h15-16,18H,4-14H2,1-3H3. The van der Waals surface area contributed by atoms with Crippen LogP contribution >= 0.6 is 0 Å². The van der Waals surface area contributed by atoms with Gasteiger partial charge in [-0.25, -0.2) is 0 Å². The van der Waals surface area contributed by atoms with Gasteiger partial charge in [-0.3, -0.25) is 0 Å². The first-order chi connectivity index (χ1) is 9.13. The molecular formula is C17H34N2. The van der Waals surface area contributed by atoms with Gasteiger partial charge in [0.1, 0.15) is 0 Å².